The Balaban J connectivity index is 1.71. The van der Waals surface area contributed by atoms with E-state index in [1.165, 1.54) is 24.3 Å². The summed E-state index contributed by atoms with van der Waals surface area (Å²) in [6.45, 7) is 0. The summed E-state index contributed by atoms with van der Waals surface area (Å²) in [4.78, 5) is 16.1. The molecule has 3 rings (SSSR count). The summed E-state index contributed by atoms with van der Waals surface area (Å²) in [5, 5.41) is 8.51. The molecule has 0 unspecified atom stereocenters. The van der Waals surface area contributed by atoms with Crippen LogP contribution in [0.2, 0.25) is 0 Å². The largest absolute Gasteiger partial charge is 0.423 e. The maximum absolute atomic E-state index is 12.0. The Kier molecular flexibility index (Phi) is 4.36. The van der Waals surface area contributed by atoms with Gasteiger partial charge in [0, 0.05) is 0 Å². The van der Waals surface area contributed by atoms with Gasteiger partial charge in [0.1, 0.15) is 5.75 Å². The summed E-state index contributed by atoms with van der Waals surface area (Å²) in [5.74, 6) is 0.257. The maximum atomic E-state index is 12.0. The highest BCUT2D eigenvalue weighted by Crippen LogP contribution is 2.22. The summed E-state index contributed by atoms with van der Waals surface area (Å²) in [6, 6.07) is 23.3. The summed E-state index contributed by atoms with van der Waals surface area (Å²) in [5.41, 5.74) is 2.53. The van der Waals surface area contributed by atoms with Crippen LogP contribution in [-0.4, -0.2) is 11.2 Å². The highest BCUT2D eigenvalue weighted by Gasteiger charge is 2.09. The molecule has 0 saturated carbocycles. The van der Waals surface area contributed by atoms with E-state index < -0.39 is 5.97 Å². The second-order valence-corrected chi connectivity index (χ2v) is 4.90. The molecule has 0 atom stereocenters. The number of carbonyl (C=O) groups excluding carboxylic acids is 1. The second-order valence-electron chi connectivity index (χ2n) is 4.90. The monoisotopic (exact) mass is 306 g/mol. The lowest BCUT2D eigenvalue weighted by Gasteiger charge is -2.06. The molecule has 0 aliphatic heterocycles. The van der Waals surface area contributed by atoms with Gasteiger partial charge in [-0.2, -0.15) is 0 Å². The van der Waals surface area contributed by atoms with Crippen LogP contribution >= 0.6 is 0 Å². The first kappa shape index (κ1) is 14.8. The fourth-order valence-electron chi connectivity index (χ4n) is 2.16. The van der Waals surface area contributed by atoms with E-state index in [1.54, 1.807) is 12.1 Å². The molecule has 0 aromatic heterocycles. The molecule has 4 heteroatoms. The Hall–Kier alpha value is -3.11. The van der Waals surface area contributed by atoms with Crippen LogP contribution in [0.25, 0.3) is 11.1 Å². The van der Waals surface area contributed by atoms with Crippen LogP contribution in [-0.2, 0) is 0 Å². The Morgan fingerprint density at radius 3 is 1.87 bits per heavy atom. The molecule has 3 aromatic rings. The summed E-state index contributed by atoms with van der Waals surface area (Å²) >= 11 is 0. The van der Waals surface area contributed by atoms with Crippen LogP contribution < -0.4 is 9.62 Å². The van der Waals surface area contributed by atoms with Crippen molar-refractivity contribution >= 4 is 5.97 Å². The van der Waals surface area contributed by atoms with Gasteiger partial charge in [-0.15, -0.1) is 0 Å². The van der Waals surface area contributed by atoms with Gasteiger partial charge < -0.3 is 9.62 Å². The van der Waals surface area contributed by atoms with Crippen molar-refractivity contribution in [3.63, 3.8) is 0 Å². The minimum Gasteiger partial charge on any atom is -0.423 e. The third-order valence-corrected chi connectivity index (χ3v) is 3.37. The van der Waals surface area contributed by atoms with Crippen LogP contribution in [0.5, 0.6) is 11.5 Å². The van der Waals surface area contributed by atoms with Crippen molar-refractivity contribution < 1.29 is 19.7 Å². The third kappa shape index (κ3) is 3.56. The predicted octanol–water partition coefficient (Wildman–Crippen LogP) is 4.42. The first-order chi connectivity index (χ1) is 11.3. The van der Waals surface area contributed by atoms with Gasteiger partial charge in [0.2, 0.25) is 0 Å². The zero-order valence-corrected chi connectivity index (χ0v) is 12.2. The number of carbonyl (C=O) groups is 1. The Labute approximate surface area is 133 Å². The van der Waals surface area contributed by atoms with E-state index in [9.17, 15) is 4.79 Å². The number of benzene rings is 3. The molecule has 0 fully saturated rings. The zero-order chi connectivity index (χ0) is 16.1. The molecule has 23 heavy (non-hydrogen) atoms. The van der Waals surface area contributed by atoms with Crippen molar-refractivity contribution in [2.75, 3.05) is 0 Å². The van der Waals surface area contributed by atoms with Gasteiger partial charge in [-0.25, -0.2) is 10.1 Å². The van der Waals surface area contributed by atoms with Crippen LogP contribution in [0.15, 0.2) is 78.9 Å². The van der Waals surface area contributed by atoms with Crippen LogP contribution in [0.4, 0.5) is 0 Å². The van der Waals surface area contributed by atoms with Gasteiger partial charge in [0.25, 0.3) is 0 Å². The van der Waals surface area contributed by atoms with Crippen LogP contribution in [0.3, 0.4) is 0 Å². The average Bonchev–Trinajstić information content (AvgIpc) is 2.63. The van der Waals surface area contributed by atoms with Crippen molar-refractivity contribution in [2.24, 2.45) is 0 Å². The number of hydrogen-bond acceptors (Lipinski definition) is 4. The molecule has 3 aromatic carbocycles. The van der Waals surface area contributed by atoms with Gasteiger partial charge in [0.05, 0.1) is 5.56 Å². The average molecular weight is 306 g/mol. The molecule has 0 saturated heterocycles. The normalized spacial score (nSPS) is 10.1. The molecule has 114 valence electrons. The number of ether oxygens (including phenoxy) is 1. The highest BCUT2D eigenvalue weighted by atomic mass is 17.1. The molecule has 1 N–H and O–H groups in total. The Bertz CT molecular complexity index is 778. The first-order valence-corrected chi connectivity index (χ1v) is 7.05. The SMILES string of the molecule is O=C(Oc1ccc(-c2ccccc2)cc1)c1ccc(OO)cc1. The van der Waals surface area contributed by atoms with Crippen LogP contribution in [0, 0.1) is 0 Å². The lowest BCUT2D eigenvalue weighted by Crippen LogP contribution is -2.08. The van der Waals surface area contributed by atoms with E-state index in [-0.39, 0.29) is 5.75 Å². The zero-order valence-electron chi connectivity index (χ0n) is 12.2. The van der Waals surface area contributed by atoms with Crippen LogP contribution in [0.1, 0.15) is 10.4 Å². The predicted molar refractivity (Wildman–Crippen MR) is 86.5 cm³/mol. The standard InChI is InChI=1S/C19H14O4/c20-19(16-8-12-18(23-21)13-9-16)22-17-10-6-15(7-11-17)14-4-2-1-3-5-14/h1-13,21H. The number of rotatable bonds is 4. The number of hydrogen-bond donors (Lipinski definition) is 1. The van der Waals surface area contributed by atoms with Gasteiger partial charge in [-0.05, 0) is 47.5 Å². The van der Waals surface area contributed by atoms with Crippen molar-refractivity contribution in [1.82, 2.24) is 0 Å². The highest BCUT2D eigenvalue weighted by molar-refractivity contribution is 5.91. The van der Waals surface area contributed by atoms with E-state index in [4.69, 9.17) is 9.99 Å². The van der Waals surface area contributed by atoms with E-state index in [0.29, 0.717) is 11.3 Å². The minimum atomic E-state index is -0.470. The van der Waals surface area contributed by atoms with Gasteiger partial charge in [0.15, 0.2) is 5.75 Å². The second kappa shape index (κ2) is 6.77. The van der Waals surface area contributed by atoms with E-state index >= 15 is 0 Å². The molecular weight excluding hydrogens is 292 g/mol. The third-order valence-electron chi connectivity index (χ3n) is 3.37. The lowest BCUT2D eigenvalue weighted by molar-refractivity contribution is -0.137. The topological polar surface area (TPSA) is 55.8 Å². The summed E-state index contributed by atoms with van der Waals surface area (Å²) in [7, 11) is 0. The molecule has 4 nitrogen and oxygen atoms in total. The van der Waals surface area contributed by atoms with Gasteiger partial charge in [-0.3, -0.25) is 0 Å². The van der Waals surface area contributed by atoms with Crippen molar-refractivity contribution in [2.45, 2.75) is 0 Å². The molecule has 0 radical (unpaired) electrons. The fourth-order valence-corrected chi connectivity index (χ4v) is 2.16. The quantitative estimate of drug-likeness (QED) is 0.335. The first-order valence-electron chi connectivity index (χ1n) is 7.05. The maximum Gasteiger partial charge on any atom is 0.343 e. The van der Waals surface area contributed by atoms with Crippen molar-refractivity contribution in [1.29, 1.82) is 0 Å². The van der Waals surface area contributed by atoms with Crippen molar-refractivity contribution in [3.05, 3.63) is 84.4 Å². The summed E-state index contributed by atoms with van der Waals surface area (Å²) < 4.78 is 5.32. The molecule has 0 aliphatic rings. The lowest BCUT2D eigenvalue weighted by atomic mass is 10.1. The fraction of sp³-hybridized carbons (Fsp3) is 0. The number of esters is 1. The van der Waals surface area contributed by atoms with E-state index in [1.807, 2.05) is 42.5 Å². The van der Waals surface area contributed by atoms with Crippen molar-refractivity contribution in [3.8, 4) is 22.6 Å². The smallest absolute Gasteiger partial charge is 0.343 e. The van der Waals surface area contributed by atoms with E-state index in [0.717, 1.165) is 11.1 Å². The Morgan fingerprint density at radius 1 is 0.696 bits per heavy atom. The molecule has 0 heterocycles. The van der Waals surface area contributed by atoms with Gasteiger partial charge in [-0.1, -0.05) is 42.5 Å². The molecule has 0 aliphatic carbocycles. The summed E-state index contributed by atoms with van der Waals surface area (Å²) in [6.07, 6.45) is 0. The Morgan fingerprint density at radius 2 is 1.26 bits per heavy atom. The molecule has 0 spiro atoms. The molecular formula is C19H14O4. The molecule has 0 amide bonds. The minimum absolute atomic E-state index is 0.258. The van der Waals surface area contributed by atoms with Gasteiger partial charge >= 0.3 is 5.97 Å². The molecule has 0 bridgehead atoms. The van der Waals surface area contributed by atoms with E-state index in [2.05, 4.69) is 4.89 Å².